The molecule has 5 heteroatoms. The van der Waals surface area contributed by atoms with Gasteiger partial charge in [-0.05, 0) is 42.8 Å². The molecule has 0 aliphatic heterocycles. The lowest BCUT2D eigenvalue weighted by molar-refractivity contribution is 0.829. The molecule has 106 valence electrons. The third-order valence-corrected chi connectivity index (χ3v) is 3.50. The molecule has 4 nitrogen and oxygen atoms in total. The second-order valence-corrected chi connectivity index (χ2v) is 5.18. The monoisotopic (exact) mass is 298 g/mol. The van der Waals surface area contributed by atoms with Gasteiger partial charge in [-0.1, -0.05) is 23.7 Å². The molecule has 21 heavy (non-hydrogen) atoms. The van der Waals surface area contributed by atoms with E-state index in [9.17, 15) is 0 Å². The van der Waals surface area contributed by atoms with E-state index in [0.717, 1.165) is 22.1 Å². The summed E-state index contributed by atoms with van der Waals surface area (Å²) in [6, 6.07) is 13.7. The molecule has 1 unspecified atom stereocenters. The normalized spacial score (nSPS) is 12.1. The number of nitrogens with zero attached hydrogens (tertiary/aromatic N) is 3. The number of nitrogens with one attached hydrogen (secondary N) is 1. The van der Waals surface area contributed by atoms with Gasteiger partial charge in [-0.2, -0.15) is 5.10 Å². The molecule has 0 saturated heterocycles. The van der Waals surface area contributed by atoms with E-state index in [2.05, 4.69) is 22.3 Å². The molecular weight excluding hydrogens is 284 g/mol. The summed E-state index contributed by atoms with van der Waals surface area (Å²) in [6.45, 7) is 2.10. The van der Waals surface area contributed by atoms with Crippen molar-refractivity contribution in [3.63, 3.8) is 0 Å². The van der Waals surface area contributed by atoms with Gasteiger partial charge in [-0.15, -0.1) is 0 Å². The van der Waals surface area contributed by atoms with Gasteiger partial charge >= 0.3 is 0 Å². The van der Waals surface area contributed by atoms with Crippen molar-refractivity contribution < 1.29 is 0 Å². The first kappa shape index (κ1) is 13.6. The van der Waals surface area contributed by atoms with Crippen molar-refractivity contribution in [1.82, 2.24) is 14.8 Å². The Bertz CT molecular complexity index is 707. The van der Waals surface area contributed by atoms with E-state index in [0.29, 0.717) is 0 Å². The first-order valence-corrected chi connectivity index (χ1v) is 7.09. The fraction of sp³-hybridized carbons (Fsp3) is 0.125. The molecule has 0 radical (unpaired) electrons. The van der Waals surface area contributed by atoms with Gasteiger partial charge in [0, 0.05) is 29.7 Å². The van der Waals surface area contributed by atoms with E-state index in [1.165, 1.54) is 0 Å². The quantitative estimate of drug-likeness (QED) is 0.789. The van der Waals surface area contributed by atoms with E-state index < -0.39 is 0 Å². The van der Waals surface area contributed by atoms with Crippen LogP contribution in [0.15, 0.2) is 61.1 Å². The number of benzene rings is 1. The second-order valence-electron chi connectivity index (χ2n) is 4.74. The Hall–Kier alpha value is -2.33. The highest BCUT2D eigenvalue weighted by Crippen LogP contribution is 2.24. The molecule has 0 fully saturated rings. The maximum absolute atomic E-state index is 5.93. The van der Waals surface area contributed by atoms with Crippen LogP contribution in [0.25, 0.3) is 5.82 Å². The Morgan fingerprint density at radius 3 is 2.62 bits per heavy atom. The van der Waals surface area contributed by atoms with Crippen molar-refractivity contribution in [3.05, 3.63) is 71.6 Å². The number of hydrogen-bond donors (Lipinski definition) is 1. The van der Waals surface area contributed by atoms with Crippen LogP contribution < -0.4 is 5.32 Å². The van der Waals surface area contributed by atoms with E-state index in [1.54, 1.807) is 17.1 Å². The SMILES string of the molecule is CC(Nc1cccnc1-n1cccn1)c1ccc(Cl)cc1. The number of rotatable bonds is 4. The molecule has 1 N–H and O–H groups in total. The smallest absolute Gasteiger partial charge is 0.176 e. The number of aromatic nitrogens is 3. The van der Waals surface area contributed by atoms with Crippen LogP contribution in [0.1, 0.15) is 18.5 Å². The summed E-state index contributed by atoms with van der Waals surface area (Å²) < 4.78 is 1.75. The average Bonchev–Trinajstić information content (AvgIpc) is 3.02. The summed E-state index contributed by atoms with van der Waals surface area (Å²) in [5, 5.41) is 8.44. The zero-order valence-electron chi connectivity index (χ0n) is 11.6. The van der Waals surface area contributed by atoms with Crippen molar-refractivity contribution >= 4 is 17.3 Å². The van der Waals surface area contributed by atoms with E-state index in [1.807, 2.05) is 48.7 Å². The number of pyridine rings is 1. The minimum Gasteiger partial charge on any atom is -0.375 e. The topological polar surface area (TPSA) is 42.7 Å². The van der Waals surface area contributed by atoms with Crippen molar-refractivity contribution in [3.8, 4) is 5.82 Å². The summed E-state index contributed by atoms with van der Waals surface area (Å²) in [5.41, 5.74) is 2.10. The van der Waals surface area contributed by atoms with Crippen LogP contribution in [0.2, 0.25) is 5.02 Å². The molecule has 1 aromatic carbocycles. The third kappa shape index (κ3) is 3.06. The summed E-state index contributed by atoms with van der Waals surface area (Å²) >= 11 is 5.93. The maximum atomic E-state index is 5.93. The lowest BCUT2D eigenvalue weighted by Gasteiger charge is -2.17. The second kappa shape index (κ2) is 5.97. The average molecular weight is 299 g/mol. The molecule has 3 aromatic rings. The lowest BCUT2D eigenvalue weighted by atomic mass is 10.1. The zero-order chi connectivity index (χ0) is 14.7. The lowest BCUT2D eigenvalue weighted by Crippen LogP contribution is -2.10. The Labute approximate surface area is 128 Å². The summed E-state index contributed by atoms with van der Waals surface area (Å²) in [6.07, 6.45) is 5.37. The fourth-order valence-corrected chi connectivity index (χ4v) is 2.28. The highest BCUT2D eigenvalue weighted by Gasteiger charge is 2.10. The van der Waals surface area contributed by atoms with Gasteiger partial charge < -0.3 is 5.32 Å². The Kier molecular flexibility index (Phi) is 3.88. The molecule has 1 atom stereocenters. The standard InChI is InChI=1S/C16H15ClN4/c1-12(13-5-7-14(17)8-6-13)20-15-4-2-9-18-16(15)21-11-3-10-19-21/h2-12,20H,1H3. The van der Waals surface area contributed by atoms with Gasteiger partial charge in [0.2, 0.25) is 0 Å². The van der Waals surface area contributed by atoms with Crippen molar-refractivity contribution in [1.29, 1.82) is 0 Å². The van der Waals surface area contributed by atoms with Crippen molar-refractivity contribution in [2.75, 3.05) is 5.32 Å². The molecule has 0 saturated carbocycles. The van der Waals surface area contributed by atoms with E-state index in [4.69, 9.17) is 11.6 Å². The molecule has 0 amide bonds. The van der Waals surface area contributed by atoms with Gasteiger partial charge in [0.15, 0.2) is 5.82 Å². The number of halogens is 1. The largest absolute Gasteiger partial charge is 0.375 e. The van der Waals surface area contributed by atoms with Crippen LogP contribution in [0, 0.1) is 0 Å². The Morgan fingerprint density at radius 2 is 1.90 bits per heavy atom. The van der Waals surface area contributed by atoms with Crippen LogP contribution in [-0.4, -0.2) is 14.8 Å². The summed E-state index contributed by atoms with van der Waals surface area (Å²) in [4.78, 5) is 4.40. The molecular formula is C16H15ClN4. The minimum atomic E-state index is 0.140. The molecule has 2 heterocycles. The molecule has 0 spiro atoms. The number of anilines is 1. The Balaban J connectivity index is 1.86. The van der Waals surface area contributed by atoms with Gasteiger partial charge in [0.1, 0.15) is 0 Å². The van der Waals surface area contributed by atoms with Gasteiger partial charge in [0.05, 0.1) is 5.69 Å². The highest BCUT2D eigenvalue weighted by molar-refractivity contribution is 6.30. The first-order valence-electron chi connectivity index (χ1n) is 6.71. The van der Waals surface area contributed by atoms with Crippen LogP contribution in [0.3, 0.4) is 0 Å². The Morgan fingerprint density at radius 1 is 1.10 bits per heavy atom. The first-order chi connectivity index (χ1) is 10.2. The van der Waals surface area contributed by atoms with Crippen molar-refractivity contribution in [2.24, 2.45) is 0 Å². The highest BCUT2D eigenvalue weighted by atomic mass is 35.5. The third-order valence-electron chi connectivity index (χ3n) is 3.25. The van der Waals surface area contributed by atoms with Crippen LogP contribution in [0.4, 0.5) is 5.69 Å². The number of hydrogen-bond acceptors (Lipinski definition) is 3. The molecule has 0 bridgehead atoms. The molecule has 0 aliphatic carbocycles. The predicted molar refractivity (Wildman–Crippen MR) is 84.8 cm³/mol. The molecule has 3 rings (SSSR count). The predicted octanol–water partition coefficient (Wildman–Crippen LogP) is 4.09. The summed E-state index contributed by atoms with van der Waals surface area (Å²) in [5.74, 6) is 0.781. The van der Waals surface area contributed by atoms with Crippen LogP contribution in [-0.2, 0) is 0 Å². The maximum Gasteiger partial charge on any atom is 0.176 e. The van der Waals surface area contributed by atoms with Gasteiger partial charge in [-0.25, -0.2) is 9.67 Å². The summed E-state index contributed by atoms with van der Waals surface area (Å²) in [7, 11) is 0. The van der Waals surface area contributed by atoms with Gasteiger partial charge in [0.25, 0.3) is 0 Å². The van der Waals surface area contributed by atoms with Crippen LogP contribution >= 0.6 is 11.6 Å². The van der Waals surface area contributed by atoms with Gasteiger partial charge in [-0.3, -0.25) is 0 Å². The molecule has 0 aliphatic rings. The van der Waals surface area contributed by atoms with E-state index >= 15 is 0 Å². The zero-order valence-corrected chi connectivity index (χ0v) is 12.3. The minimum absolute atomic E-state index is 0.140. The van der Waals surface area contributed by atoms with E-state index in [-0.39, 0.29) is 6.04 Å². The van der Waals surface area contributed by atoms with Crippen LogP contribution in [0.5, 0.6) is 0 Å². The molecule has 2 aromatic heterocycles. The fourth-order valence-electron chi connectivity index (χ4n) is 2.15. The van der Waals surface area contributed by atoms with Crippen molar-refractivity contribution in [2.45, 2.75) is 13.0 Å².